The van der Waals surface area contributed by atoms with Crippen LogP contribution >= 0.6 is 11.6 Å². The van der Waals surface area contributed by atoms with Crippen LogP contribution in [0.4, 0.5) is 5.69 Å². The van der Waals surface area contributed by atoms with Gasteiger partial charge in [0.1, 0.15) is 0 Å². The molecule has 1 aliphatic carbocycles. The maximum absolute atomic E-state index is 12.2. The molecule has 0 aliphatic heterocycles. The Bertz CT molecular complexity index is 416. The van der Waals surface area contributed by atoms with Crippen molar-refractivity contribution in [1.29, 1.82) is 0 Å². The number of hydrogen-bond acceptors (Lipinski definition) is 3. The number of aromatic nitrogens is 1. The third-order valence-corrected chi connectivity index (χ3v) is 3.74. The first-order chi connectivity index (χ1) is 8.18. The van der Waals surface area contributed by atoms with Crippen molar-refractivity contribution in [3.8, 4) is 0 Å². The van der Waals surface area contributed by atoms with Crippen molar-refractivity contribution in [3.63, 3.8) is 0 Å². The maximum Gasteiger partial charge on any atom is 0.231 e. The third-order valence-electron chi connectivity index (χ3n) is 3.44. The SMILES string of the molecule is NCC1(C(=O)Nc2cccnc2Cl)CCCC1. The molecule has 4 nitrogen and oxygen atoms in total. The quantitative estimate of drug-likeness (QED) is 0.812. The highest BCUT2D eigenvalue weighted by atomic mass is 35.5. The lowest BCUT2D eigenvalue weighted by atomic mass is 9.85. The average Bonchev–Trinajstić information content (AvgIpc) is 2.82. The molecule has 1 aliphatic rings. The number of hydrogen-bond donors (Lipinski definition) is 2. The third kappa shape index (κ3) is 2.42. The van der Waals surface area contributed by atoms with Gasteiger partial charge >= 0.3 is 0 Å². The minimum Gasteiger partial charge on any atom is -0.329 e. The molecule has 92 valence electrons. The van der Waals surface area contributed by atoms with Crippen LogP contribution in [0.3, 0.4) is 0 Å². The van der Waals surface area contributed by atoms with Gasteiger partial charge in [0, 0.05) is 12.7 Å². The first-order valence-electron chi connectivity index (χ1n) is 5.80. The van der Waals surface area contributed by atoms with E-state index in [1.165, 1.54) is 0 Å². The first kappa shape index (κ1) is 12.3. The Labute approximate surface area is 106 Å². The second-order valence-corrected chi connectivity index (χ2v) is 4.85. The number of rotatable bonds is 3. The van der Waals surface area contributed by atoms with Crippen LogP contribution in [0.15, 0.2) is 18.3 Å². The molecule has 1 heterocycles. The summed E-state index contributed by atoms with van der Waals surface area (Å²) in [5, 5.41) is 3.14. The summed E-state index contributed by atoms with van der Waals surface area (Å²) >= 11 is 5.91. The van der Waals surface area contributed by atoms with Gasteiger partial charge < -0.3 is 11.1 Å². The second kappa shape index (κ2) is 5.02. The van der Waals surface area contributed by atoms with Gasteiger partial charge in [-0.05, 0) is 25.0 Å². The van der Waals surface area contributed by atoms with E-state index in [0.717, 1.165) is 25.7 Å². The van der Waals surface area contributed by atoms with E-state index in [-0.39, 0.29) is 5.91 Å². The van der Waals surface area contributed by atoms with E-state index in [9.17, 15) is 4.79 Å². The van der Waals surface area contributed by atoms with E-state index in [0.29, 0.717) is 17.4 Å². The molecule has 5 heteroatoms. The van der Waals surface area contributed by atoms with Crippen LogP contribution in [0.5, 0.6) is 0 Å². The summed E-state index contributed by atoms with van der Waals surface area (Å²) in [5.41, 5.74) is 5.89. The number of carbonyl (C=O) groups is 1. The van der Waals surface area contributed by atoms with E-state index >= 15 is 0 Å². The molecule has 1 amide bonds. The molecule has 1 saturated carbocycles. The summed E-state index contributed by atoms with van der Waals surface area (Å²) in [5.74, 6) is -0.0348. The molecule has 1 aromatic rings. The summed E-state index contributed by atoms with van der Waals surface area (Å²) in [4.78, 5) is 16.2. The van der Waals surface area contributed by atoms with Gasteiger partial charge in [0.25, 0.3) is 0 Å². The van der Waals surface area contributed by atoms with Crippen molar-refractivity contribution in [2.24, 2.45) is 11.1 Å². The Morgan fingerprint density at radius 2 is 2.24 bits per heavy atom. The summed E-state index contributed by atoms with van der Waals surface area (Å²) in [6, 6.07) is 3.48. The first-order valence-corrected chi connectivity index (χ1v) is 6.18. The van der Waals surface area contributed by atoms with Gasteiger partial charge in [-0.1, -0.05) is 24.4 Å². The minimum absolute atomic E-state index is 0.0348. The lowest BCUT2D eigenvalue weighted by Crippen LogP contribution is -2.40. The van der Waals surface area contributed by atoms with Crippen LogP contribution in [0.25, 0.3) is 0 Å². The predicted molar refractivity (Wildman–Crippen MR) is 67.8 cm³/mol. The zero-order valence-electron chi connectivity index (χ0n) is 9.58. The average molecular weight is 254 g/mol. The van der Waals surface area contributed by atoms with Crippen LogP contribution in [0.2, 0.25) is 5.15 Å². The molecule has 0 saturated heterocycles. The summed E-state index contributed by atoms with van der Waals surface area (Å²) in [7, 11) is 0. The molecule has 0 bridgehead atoms. The maximum atomic E-state index is 12.2. The standard InChI is InChI=1S/C12H16ClN3O/c13-10-9(4-3-7-15-10)16-11(17)12(8-14)5-1-2-6-12/h3-4,7H,1-2,5-6,8,14H2,(H,16,17). The molecule has 0 radical (unpaired) electrons. The highest BCUT2D eigenvalue weighted by Crippen LogP contribution is 2.38. The topological polar surface area (TPSA) is 68.0 Å². The van der Waals surface area contributed by atoms with Crippen molar-refractivity contribution < 1.29 is 4.79 Å². The largest absolute Gasteiger partial charge is 0.329 e. The van der Waals surface area contributed by atoms with Crippen molar-refractivity contribution in [3.05, 3.63) is 23.5 Å². The van der Waals surface area contributed by atoms with Crippen LogP contribution in [0.1, 0.15) is 25.7 Å². The monoisotopic (exact) mass is 253 g/mol. The Morgan fingerprint density at radius 1 is 1.53 bits per heavy atom. The van der Waals surface area contributed by atoms with Gasteiger partial charge in [0.15, 0.2) is 5.15 Å². The molecule has 2 rings (SSSR count). The van der Waals surface area contributed by atoms with Crippen molar-refractivity contribution >= 4 is 23.2 Å². The van der Waals surface area contributed by atoms with Crippen LogP contribution in [-0.4, -0.2) is 17.4 Å². The van der Waals surface area contributed by atoms with Crippen LogP contribution < -0.4 is 11.1 Å². The van der Waals surface area contributed by atoms with Crippen molar-refractivity contribution in [1.82, 2.24) is 4.98 Å². The number of halogens is 1. The minimum atomic E-state index is -0.417. The van der Waals surface area contributed by atoms with Gasteiger partial charge in [0.05, 0.1) is 11.1 Å². The fourth-order valence-electron chi connectivity index (χ4n) is 2.31. The van der Waals surface area contributed by atoms with E-state index in [1.54, 1.807) is 18.3 Å². The van der Waals surface area contributed by atoms with Gasteiger partial charge in [-0.2, -0.15) is 0 Å². The Balaban J connectivity index is 2.14. The summed E-state index contributed by atoms with van der Waals surface area (Å²) in [6.07, 6.45) is 5.42. The van der Waals surface area contributed by atoms with Crippen molar-refractivity contribution in [2.45, 2.75) is 25.7 Å². The Hall–Kier alpha value is -1.13. The van der Waals surface area contributed by atoms with E-state index in [4.69, 9.17) is 17.3 Å². The molecule has 0 aromatic carbocycles. The van der Waals surface area contributed by atoms with Gasteiger partial charge in [-0.3, -0.25) is 4.79 Å². The fraction of sp³-hybridized carbons (Fsp3) is 0.500. The Morgan fingerprint density at radius 3 is 2.82 bits per heavy atom. The molecule has 3 N–H and O–H groups in total. The molecular formula is C12H16ClN3O. The number of amides is 1. The lowest BCUT2D eigenvalue weighted by molar-refractivity contribution is -0.124. The molecule has 0 spiro atoms. The second-order valence-electron chi connectivity index (χ2n) is 4.49. The van der Waals surface area contributed by atoms with Crippen LogP contribution in [0, 0.1) is 5.41 Å². The smallest absolute Gasteiger partial charge is 0.231 e. The number of nitrogens with two attached hydrogens (primary N) is 1. The number of pyridine rings is 1. The highest BCUT2D eigenvalue weighted by Gasteiger charge is 2.39. The molecule has 17 heavy (non-hydrogen) atoms. The zero-order chi connectivity index (χ0) is 12.3. The molecule has 1 aromatic heterocycles. The number of nitrogens with zero attached hydrogens (tertiary/aromatic N) is 1. The molecule has 0 unspecified atom stereocenters. The molecular weight excluding hydrogens is 238 g/mol. The lowest BCUT2D eigenvalue weighted by Gasteiger charge is -2.25. The zero-order valence-corrected chi connectivity index (χ0v) is 10.3. The van der Waals surface area contributed by atoms with Gasteiger partial charge in [-0.15, -0.1) is 0 Å². The number of carbonyl (C=O) groups excluding carboxylic acids is 1. The summed E-state index contributed by atoms with van der Waals surface area (Å²) < 4.78 is 0. The van der Waals surface area contributed by atoms with Crippen LogP contribution in [-0.2, 0) is 4.79 Å². The van der Waals surface area contributed by atoms with E-state index < -0.39 is 5.41 Å². The predicted octanol–water partition coefficient (Wildman–Crippen LogP) is 2.19. The van der Waals surface area contributed by atoms with E-state index in [2.05, 4.69) is 10.3 Å². The van der Waals surface area contributed by atoms with Gasteiger partial charge in [0.2, 0.25) is 5.91 Å². The van der Waals surface area contributed by atoms with E-state index in [1.807, 2.05) is 0 Å². The molecule has 1 fully saturated rings. The summed E-state index contributed by atoms with van der Waals surface area (Å²) in [6.45, 7) is 0.386. The highest BCUT2D eigenvalue weighted by molar-refractivity contribution is 6.32. The molecule has 0 atom stereocenters. The van der Waals surface area contributed by atoms with Crippen molar-refractivity contribution in [2.75, 3.05) is 11.9 Å². The number of nitrogens with one attached hydrogen (secondary N) is 1. The Kier molecular flexibility index (Phi) is 3.64. The normalized spacial score (nSPS) is 18.0. The number of anilines is 1. The van der Waals surface area contributed by atoms with Gasteiger partial charge in [-0.25, -0.2) is 4.98 Å². The fourth-order valence-corrected chi connectivity index (χ4v) is 2.48.